The van der Waals surface area contributed by atoms with Crippen LogP contribution < -0.4 is 10.6 Å². The number of halogens is 1. The first-order valence-corrected chi connectivity index (χ1v) is 19.1. The van der Waals surface area contributed by atoms with E-state index in [4.69, 9.17) is 0 Å². The van der Waals surface area contributed by atoms with Crippen LogP contribution in [-0.4, -0.2) is 29.5 Å². The predicted octanol–water partition coefficient (Wildman–Crippen LogP) is 10.5. The topological polar surface area (TPSA) is 78.4 Å². The van der Waals surface area contributed by atoms with Gasteiger partial charge in [0.15, 0.2) is 0 Å². The number of carbonyl (C=O) groups is 2. The first-order chi connectivity index (χ1) is 21.0. The Bertz CT molecular complexity index is 832. The molecule has 0 aliphatic heterocycles. The number of phenols is 1. The summed E-state index contributed by atoms with van der Waals surface area (Å²) in [5.74, 6) is 0.0752. The molecule has 1 unspecified atom stereocenters. The standard InChI is InChI=1S/C37H65IN2O3/c1-3-5-7-9-11-13-15-17-19-21-23-25-29-39-37(43)34(31-32-27-28-35(41)33(38)30-32)40-36(42)26-24-22-20-18-16-14-12-10-8-6-4-2/h27-28,30,34,41H,3-26,29,31H2,1-2H3,(H,39,43)(H,40,42). The number of aromatic hydroxyl groups is 1. The summed E-state index contributed by atoms with van der Waals surface area (Å²) in [5.41, 5.74) is 0.933. The van der Waals surface area contributed by atoms with Gasteiger partial charge in [0, 0.05) is 19.4 Å². The van der Waals surface area contributed by atoms with Gasteiger partial charge >= 0.3 is 0 Å². The Morgan fingerprint density at radius 1 is 0.674 bits per heavy atom. The van der Waals surface area contributed by atoms with Crippen LogP contribution in [0.25, 0.3) is 0 Å². The third-order valence-electron chi connectivity index (χ3n) is 8.44. The molecule has 43 heavy (non-hydrogen) atoms. The van der Waals surface area contributed by atoms with Crippen molar-refractivity contribution >= 4 is 34.4 Å². The molecule has 0 saturated heterocycles. The van der Waals surface area contributed by atoms with Gasteiger partial charge in [-0.15, -0.1) is 0 Å². The van der Waals surface area contributed by atoms with Gasteiger partial charge in [-0.1, -0.05) is 155 Å². The number of hydrogen-bond acceptors (Lipinski definition) is 3. The number of rotatable bonds is 29. The molecule has 3 N–H and O–H groups in total. The second-order valence-corrected chi connectivity index (χ2v) is 13.7. The number of amides is 2. The van der Waals surface area contributed by atoms with Crippen molar-refractivity contribution in [3.05, 3.63) is 27.3 Å². The molecule has 2 amide bonds. The van der Waals surface area contributed by atoms with E-state index in [1.807, 2.05) is 12.1 Å². The molecule has 248 valence electrons. The SMILES string of the molecule is CCCCCCCCCCCCCCNC(=O)C(Cc1ccc(O)c(I)c1)NC(=O)CCCCCCCCCCCCC. The summed E-state index contributed by atoms with van der Waals surface area (Å²) in [7, 11) is 0. The largest absolute Gasteiger partial charge is 0.507 e. The van der Waals surface area contributed by atoms with Gasteiger partial charge in [0.2, 0.25) is 11.8 Å². The Kier molecular flexibility index (Phi) is 26.0. The average molecular weight is 713 g/mol. The average Bonchev–Trinajstić information content (AvgIpc) is 2.99. The lowest BCUT2D eigenvalue weighted by molar-refractivity contribution is -0.129. The second-order valence-electron chi connectivity index (χ2n) is 12.6. The molecular weight excluding hydrogens is 647 g/mol. The van der Waals surface area contributed by atoms with Gasteiger partial charge in [-0.2, -0.15) is 0 Å². The third-order valence-corrected chi connectivity index (χ3v) is 9.30. The van der Waals surface area contributed by atoms with Crippen molar-refractivity contribution in [1.82, 2.24) is 10.6 Å². The fraction of sp³-hybridized carbons (Fsp3) is 0.784. The summed E-state index contributed by atoms with van der Waals surface area (Å²) in [4.78, 5) is 25.9. The van der Waals surface area contributed by atoms with E-state index in [-0.39, 0.29) is 17.6 Å². The van der Waals surface area contributed by atoms with Gasteiger partial charge in [-0.25, -0.2) is 0 Å². The van der Waals surface area contributed by atoms with Crippen molar-refractivity contribution in [2.45, 2.75) is 180 Å². The number of nitrogens with one attached hydrogen (secondary N) is 2. The van der Waals surface area contributed by atoms with Gasteiger partial charge in [-0.05, 0) is 53.1 Å². The summed E-state index contributed by atoms with van der Waals surface area (Å²) in [6.45, 7) is 5.17. The molecular formula is C37H65IN2O3. The van der Waals surface area contributed by atoms with Gasteiger partial charge in [0.25, 0.3) is 0 Å². The lowest BCUT2D eigenvalue weighted by atomic mass is 10.0. The zero-order chi connectivity index (χ0) is 31.4. The summed E-state index contributed by atoms with van der Waals surface area (Å²) in [6.07, 6.45) is 30.1. The first kappa shape index (κ1) is 39.7. The van der Waals surface area contributed by atoms with Crippen LogP contribution in [-0.2, 0) is 16.0 Å². The lowest BCUT2D eigenvalue weighted by Gasteiger charge is -2.19. The highest BCUT2D eigenvalue weighted by molar-refractivity contribution is 14.1. The highest BCUT2D eigenvalue weighted by Crippen LogP contribution is 2.21. The van der Waals surface area contributed by atoms with Gasteiger partial charge < -0.3 is 15.7 Å². The number of unbranched alkanes of at least 4 members (excludes halogenated alkanes) is 21. The van der Waals surface area contributed by atoms with Gasteiger partial charge in [-0.3, -0.25) is 9.59 Å². The summed E-state index contributed by atoms with van der Waals surface area (Å²) in [5, 5.41) is 16.0. The lowest BCUT2D eigenvalue weighted by Crippen LogP contribution is -2.48. The smallest absolute Gasteiger partial charge is 0.242 e. The Hall–Kier alpha value is -1.31. The fourth-order valence-corrected chi connectivity index (χ4v) is 6.22. The molecule has 0 radical (unpaired) electrons. The number of carbonyl (C=O) groups excluding carboxylic acids is 2. The van der Waals surface area contributed by atoms with Crippen molar-refractivity contribution in [2.24, 2.45) is 0 Å². The first-order valence-electron chi connectivity index (χ1n) is 18.0. The number of benzene rings is 1. The molecule has 0 aliphatic rings. The molecule has 1 aromatic carbocycles. The monoisotopic (exact) mass is 712 g/mol. The van der Waals surface area contributed by atoms with Crippen molar-refractivity contribution in [1.29, 1.82) is 0 Å². The van der Waals surface area contributed by atoms with Crippen LogP contribution in [0.3, 0.4) is 0 Å². The molecule has 6 heteroatoms. The van der Waals surface area contributed by atoms with Gasteiger partial charge in [0.05, 0.1) is 3.57 Å². The zero-order valence-electron chi connectivity index (χ0n) is 27.8. The Morgan fingerprint density at radius 3 is 1.58 bits per heavy atom. The number of hydrogen-bond donors (Lipinski definition) is 3. The third kappa shape index (κ3) is 22.8. The molecule has 1 aromatic rings. The van der Waals surface area contributed by atoms with E-state index in [9.17, 15) is 14.7 Å². The molecule has 0 aromatic heterocycles. The molecule has 0 heterocycles. The maximum atomic E-state index is 13.1. The van der Waals surface area contributed by atoms with E-state index in [1.165, 1.54) is 122 Å². The molecule has 1 rings (SSSR count). The quantitative estimate of drug-likeness (QED) is 0.0572. The fourth-order valence-electron chi connectivity index (χ4n) is 5.64. The van der Waals surface area contributed by atoms with Crippen molar-refractivity contribution in [2.75, 3.05) is 6.54 Å². The van der Waals surface area contributed by atoms with Crippen molar-refractivity contribution in [3.8, 4) is 5.75 Å². The minimum absolute atomic E-state index is 0.0464. The van der Waals surface area contributed by atoms with Crippen LogP contribution in [0, 0.1) is 3.57 Å². The second kappa shape index (κ2) is 28.2. The zero-order valence-corrected chi connectivity index (χ0v) is 30.0. The Morgan fingerprint density at radius 2 is 1.12 bits per heavy atom. The molecule has 0 bridgehead atoms. The summed E-state index contributed by atoms with van der Waals surface area (Å²) >= 11 is 2.10. The normalized spacial score (nSPS) is 11.9. The minimum atomic E-state index is -0.599. The van der Waals surface area contributed by atoms with Gasteiger partial charge in [0.1, 0.15) is 11.8 Å². The van der Waals surface area contributed by atoms with Crippen LogP contribution in [0.15, 0.2) is 18.2 Å². The number of phenolic OH excluding ortho intramolecular Hbond substituents is 1. The van der Waals surface area contributed by atoms with Crippen LogP contribution >= 0.6 is 22.6 Å². The minimum Gasteiger partial charge on any atom is -0.507 e. The highest BCUT2D eigenvalue weighted by atomic mass is 127. The molecule has 0 spiro atoms. The van der Waals surface area contributed by atoms with E-state index in [0.717, 1.165) is 34.8 Å². The molecule has 0 aliphatic carbocycles. The maximum Gasteiger partial charge on any atom is 0.242 e. The summed E-state index contributed by atoms with van der Waals surface area (Å²) < 4.78 is 0.748. The molecule has 1 atom stereocenters. The van der Waals surface area contributed by atoms with Crippen LogP contribution in [0.4, 0.5) is 0 Å². The van der Waals surface area contributed by atoms with E-state index in [2.05, 4.69) is 47.1 Å². The maximum absolute atomic E-state index is 13.1. The van der Waals surface area contributed by atoms with E-state index in [0.29, 0.717) is 19.4 Å². The summed E-state index contributed by atoms with van der Waals surface area (Å²) in [6, 6.07) is 4.78. The van der Waals surface area contributed by atoms with Crippen molar-refractivity contribution < 1.29 is 14.7 Å². The van der Waals surface area contributed by atoms with Crippen LogP contribution in [0.1, 0.15) is 174 Å². The van der Waals surface area contributed by atoms with Crippen LogP contribution in [0.5, 0.6) is 5.75 Å². The van der Waals surface area contributed by atoms with E-state index in [1.54, 1.807) is 6.07 Å². The Labute approximate surface area is 278 Å². The van der Waals surface area contributed by atoms with E-state index >= 15 is 0 Å². The molecule has 0 saturated carbocycles. The van der Waals surface area contributed by atoms with Crippen molar-refractivity contribution in [3.63, 3.8) is 0 Å². The predicted molar refractivity (Wildman–Crippen MR) is 192 cm³/mol. The Balaban J connectivity index is 2.31. The molecule has 5 nitrogen and oxygen atoms in total. The van der Waals surface area contributed by atoms with E-state index < -0.39 is 6.04 Å². The molecule has 0 fully saturated rings. The van der Waals surface area contributed by atoms with Crippen LogP contribution in [0.2, 0.25) is 0 Å². The highest BCUT2D eigenvalue weighted by Gasteiger charge is 2.21.